The Morgan fingerprint density at radius 1 is 1.35 bits per heavy atom. The quantitative estimate of drug-likeness (QED) is 0.441. The minimum absolute atomic E-state index is 0.193. The van der Waals surface area contributed by atoms with Gasteiger partial charge in [0.05, 0.1) is 6.26 Å². The van der Waals surface area contributed by atoms with E-state index in [1.165, 1.54) is 4.90 Å². The highest BCUT2D eigenvalue weighted by atomic mass is 32.2. The number of aryl methyl sites for hydroxylation is 1. The van der Waals surface area contributed by atoms with Gasteiger partial charge in [-0.2, -0.15) is 0 Å². The van der Waals surface area contributed by atoms with Crippen molar-refractivity contribution in [1.82, 2.24) is 5.32 Å². The van der Waals surface area contributed by atoms with Gasteiger partial charge in [-0.25, -0.2) is 4.79 Å². The zero-order valence-electron chi connectivity index (χ0n) is 15.7. The second kappa shape index (κ2) is 10.9. The van der Waals surface area contributed by atoms with Crippen molar-refractivity contribution in [2.45, 2.75) is 50.4 Å². The molecule has 0 aliphatic heterocycles. The van der Waals surface area contributed by atoms with Gasteiger partial charge in [0.15, 0.2) is 0 Å². The van der Waals surface area contributed by atoms with Gasteiger partial charge < -0.3 is 19.8 Å². The normalized spacial score (nSPS) is 12.0. The van der Waals surface area contributed by atoms with E-state index in [0.29, 0.717) is 25.0 Å². The van der Waals surface area contributed by atoms with Crippen molar-refractivity contribution in [2.24, 2.45) is 0 Å². The monoisotopic (exact) mass is 376 g/mol. The fraction of sp³-hybridized carbons (Fsp3) is 0.450. The molecule has 0 fully saturated rings. The van der Waals surface area contributed by atoms with Crippen LogP contribution < -0.4 is 10.6 Å². The molecular formula is C20H28N2O3S. The molecule has 1 heterocycles. The third kappa shape index (κ3) is 7.14. The van der Waals surface area contributed by atoms with Crippen LogP contribution in [-0.4, -0.2) is 24.4 Å². The lowest BCUT2D eigenvalue weighted by molar-refractivity contribution is 0.104. The van der Waals surface area contributed by atoms with E-state index in [0.717, 1.165) is 29.9 Å². The van der Waals surface area contributed by atoms with Crippen molar-refractivity contribution < 1.29 is 13.9 Å². The minimum atomic E-state index is -0.193. The van der Waals surface area contributed by atoms with Crippen LogP contribution in [0.3, 0.4) is 0 Å². The van der Waals surface area contributed by atoms with Crippen molar-refractivity contribution >= 4 is 23.5 Å². The summed E-state index contributed by atoms with van der Waals surface area (Å²) in [5.41, 5.74) is 1.90. The van der Waals surface area contributed by atoms with Gasteiger partial charge in [-0.15, -0.1) is 11.8 Å². The molecule has 2 aromatic rings. The molecule has 6 heteroatoms. The fourth-order valence-electron chi connectivity index (χ4n) is 2.28. The molecule has 142 valence electrons. The fourth-order valence-corrected chi connectivity index (χ4v) is 3.30. The summed E-state index contributed by atoms with van der Waals surface area (Å²) in [7, 11) is 0. The molecule has 5 nitrogen and oxygen atoms in total. The number of anilines is 1. The molecule has 1 aromatic carbocycles. The van der Waals surface area contributed by atoms with E-state index in [2.05, 4.69) is 36.6 Å². The molecular weight excluding hydrogens is 348 g/mol. The Morgan fingerprint density at radius 2 is 2.19 bits per heavy atom. The highest BCUT2D eigenvalue weighted by molar-refractivity contribution is 7.99. The number of benzene rings is 1. The van der Waals surface area contributed by atoms with Crippen LogP contribution >= 0.6 is 11.8 Å². The first-order valence-corrected chi connectivity index (χ1v) is 9.88. The molecule has 2 rings (SSSR count). The van der Waals surface area contributed by atoms with Gasteiger partial charge in [-0.05, 0) is 55.7 Å². The number of carbonyl (C=O) groups excluding carboxylic acids is 1. The molecule has 0 spiro atoms. The van der Waals surface area contributed by atoms with Crippen LogP contribution in [0.2, 0.25) is 0 Å². The van der Waals surface area contributed by atoms with E-state index in [1.807, 2.05) is 36.9 Å². The van der Waals surface area contributed by atoms with E-state index < -0.39 is 0 Å². The maximum Gasteiger partial charge on any atom is 0.319 e. The van der Waals surface area contributed by atoms with Crippen LogP contribution in [-0.2, 0) is 11.3 Å². The number of carbonyl (C=O) groups is 1. The lowest BCUT2D eigenvalue weighted by Gasteiger charge is -2.13. The van der Waals surface area contributed by atoms with E-state index >= 15 is 0 Å². The topological polar surface area (TPSA) is 63.5 Å². The first-order chi connectivity index (χ1) is 12.6. The number of rotatable bonds is 10. The van der Waals surface area contributed by atoms with Crippen LogP contribution in [0.1, 0.15) is 38.0 Å². The van der Waals surface area contributed by atoms with Crippen LogP contribution in [0.4, 0.5) is 10.5 Å². The van der Waals surface area contributed by atoms with Gasteiger partial charge in [-0.3, -0.25) is 0 Å². The first kappa shape index (κ1) is 20.4. The van der Waals surface area contributed by atoms with Gasteiger partial charge in [-0.1, -0.05) is 13.8 Å². The summed E-state index contributed by atoms with van der Waals surface area (Å²) in [6, 6.07) is 9.66. The standard InChI is InChI=1S/C20H28N2O3S/c1-4-16(3)26-18-8-9-19(15(2)13-18)22-20(23)21-10-6-11-24-14-17-7-5-12-25-17/h5,7-9,12-13,16H,4,6,10-11,14H2,1-3H3,(H2,21,22,23). The minimum Gasteiger partial charge on any atom is -0.467 e. The number of thioether (sulfide) groups is 1. The molecule has 26 heavy (non-hydrogen) atoms. The lowest BCUT2D eigenvalue weighted by Crippen LogP contribution is -2.30. The van der Waals surface area contributed by atoms with Gasteiger partial charge in [0.25, 0.3) is 0 Å². The Bertz CT molecular complexity index is 674. The lowest BCUT2D eigenvalue weighted by atomic mass is 10.2. The Labute approximate surface area is 159 Å². The van der Waals surface area contributed by atoms with Gasteiger partial charge >= 0.3 is 6.03 Å². The second-order valence-electron chi connectivity index (χ2n) is 6.18. The summed E-state index contributed by atoms with van der Waals surface area (Å²) in [5, 5.41) is 6.34. The molecule has 0 aliphatic carbocycles. The third-order valence-electron chi connectivity index (χ3n) is 3.93. The predicted molar refractivity (Wildman–Crippen MR) is 107 cm³/mol. The van der Waals surface area contributed by atoms with E-state index in [4.69, 9.17) is 9.15 Å². The van der Waals surface area contributed by atoms with Gasteiger partial charge in [0.2, 0.25) is 0 Å². The number of furan rings is 1. The molecule has 1 unspecified atom stereocenters. The Morgan fingerprint density at radius 3 is 2.88 bits per heavy atom. The van der Waals surface area contributed by atoms with Gasteiger partial charge in [0, 0.05) is 29.0 Å². The molecule has 0 saturated heterocycles. The molecule has 0 bridgehead atoms. The third-order valence-corrected chi connectivity index (χ3v) is 5.20. The van der Waals surface area contributed by atoms with E-state index in [1.54, 1.807) is 6.26 Å². The van der Waals surface area contributed by atoms with Gasteiger partial charge in [0.1, 0.15) is 12.4 Å². The zero-order chi connectivity index (χ0) is 18.8. The molecule has 1 atom stereocenters. The maximum absolute atomic E-state index is 12.0. The summed E-state index contributed by atoms with van der Waals surface area (Å²) in [5.74, 6) is 0.807. The van der Waals surface area contributed by atoms with E-state index in [9.17, 15) is 4.79 Å². The zero-order valence-corrected chi connectivity index (χ0v) is 16.5. The van der Waals surface area contributed by atoms with Crippen LogP contribution in [0.25, 0.3) is 0 Å². The molecule has 0 saturated carbocycles. The number of nitrogens with one attached hydrogen (secondary N) is 2. The Kier molecular flexibility index (Phi) is 8.58. The van der Waals surface area contributed by atoms with E-state index in [-0.39, 0.29) is 6.03 Å². The highest BCUT2D eigenvalue weighted by Gasteiger charge is 2.07. The van der Waals surface area contributed by atoms with Crippen LogP contribution in [0.5, 0.6) is 0 Å². The SMILES string of the molecule is CCC(C)Sc1ccc(NC(=O)NCCCOCc2ccco2)c(C)c1. The Balaban J connectivity index is 1.65. The number of hydrogen-bond donors (Lipinski definition) is 2. The van der Waals surface area contributed by atoms with Crippen molar-refractivity contribution in [2.75, 3.05) is 18.5 Å². The predicted octanol–water partition coefficient (Wildman–Crippen LogP) is 5.21. The average Bonchev–Trinajstić information content (AvgIpc) is 3.13. The highest BCUT2D eigenvalue weighted by Crippen LogP contribution is 2.28. The summed E-state index contributed by atoms with van der Waals surface area (Å²) in [4.78, 5) is 13.2. The molecule has 0 radical (unpaired) electrons. The largest absolute Gasteiger partial charge is 0.467 e. The first-order valence-electron chi connectivity index (χ1n) is 9.00. The number of amides is 2. The maximum atomic E-state index is 12.0. The van der Waals surface area contributed by atoms with Crippen molar-refractivity contribution in [3.05, 3.63) is 47.9 Å². The summed E-state index contributed by atoms with van der Waals surface area (Å²) >= 11 is 1.86. The number of urea groups is 1. The molecule has 1 aromatic heterocycles. The van der Waals surface area contributed by atoms with Crippen molar-refractivity contribution in [3.63, 3.8) is 0 Å². The average molecular weight is 377 g/mol. The number of hydrogen-bond acceptors (Lipinski definition) is 4. The van der Waals surface area contributed by atoms with Crippen molar-refractivity contribution in [1.29, 1.82) is 0 Å². The summed E-state index contributed by atoms with van der Waals surface area (Å²) in [6.45, 7) is 8.01. The molecule has 2 N–H and O–H groups in total. The Hall–Kier alpha value is -1.92. The summed E-state index contributed by atoms with van der Waals surface area (Å²) in [6.07, 6.45) is 3.51. The molecule has 0 aliphatic rings. The summed E-state index contributed by atoms with van der Waals surface area (Å²) < 4.78 is 10.7. The molecule has 2 amide bonds. The smallest absolute Gasteiger partial charge is 0.319 e. The van der Waals surface area contributed by atoms with Crippen LogP contribution in [0, 0.1) is 6.92 Å². The van der Waals surface area contributed by atoms with Crippen LogP contribution in [0.15, 0.2) is 45.9 Å². The van der Waals surface area contributed by atoms with Crippen molar-refractivity contribution in [3.8, 4) is 0 Å². The second-order valence-corrected chi connectivity index (χ2v) is 7.69. The number of ether oxygens (including phenoxy) is 1.